The van der Waals surface area contributed by atoms with Crippen LogP contribution < -0.4 is 0 Å². The van der Waals surface area contributed by atoms with Gasteiger partial charge < -0.3 is 0 Å². The molecule has 1 aromatic carbocycles. The van der Waals surface area contributed by atoms with Crippen molar-refractivity contribution in [2.45, 2.75) is 39.0 Å². The van der Waals surface area contributed by atoms with Gasteiger partial charge in [0, 0.05) is 11.6 Å². The Hall–Kier alpha value is -1.37. The second-order valence-electron chi connectivity index (χ2n) is 4.25. The quantitative estimate of drug-likeness (QED) is 0.678. The first-order valence-corrected chi connectivity index (χ1v) is 6.15. The summed E-state index contributed by atoms with van der Waals surface area (Å²) in [6.07, 6.45) is 8.25. The SMILES string of the molecule is CCCCCCc1ccc2ncc[c]c2c1. The molecule has 1 heteroatoms. The van der Waals surface area contributed by atoms with Crippen LogP contribution in [0.1, 0.15) is 38.2 Å². The molecule has 0 atom stereocenters. The molecule has 1 radical (unpaired) electrons. The van der Waals surface area contributed by atoms with Crippen molar-refractivity contribution in [2.24, 2.45) is 0 Å². The van der Waals surface area contributed by atoms with Crippen LogP contribution in [0.15, 0.2) is 30.5 Å². The van der Waals surface area contributed by atoms with E-state index in [1.807, 2.05) is 6.07 Å². The van der Waals surface area contributed by atoms with Crippen molar-refractivity contribution in [3.8, 4) is 0 Å². The first-order valence-electron chi connectivity index (χ1n) is 6.15. The van der Waals surface area contributed by atoms with Crippen LogP contribution in [0.25, 0.3) is 10.9 Å². The molecule has 1 nitrogen and oxygen atoms in total. The average molecular weight is 212 g/mol. The van der Waals surface area contributed by atoms with E-state index in [9.17, 15) is 0 Å². The number of aryl methyl sites for hydroxylation is 1. The summed E-state index contributed by atoms with van der Waals surface area (Å²) in [5.41, 5.74) is 2.45. The van der Waals surface area contributed by atoms with Gasteiger partial charge in [0.2, 0.25) is 0 Å². The van der Waals surface area contributed by atoms with Gasteiger partial charge in [0.05, 0.1) is 5.52 Å². The van der Waals surface area contributed by atoms with Gasteiger partial charge in [-0.05, 0) is 42.7 Å². The number of hydrogen-bond donors (Lipinski definition) is 0. The predicted molar refractivity (Wildman–Crippen MR) is 68.4 cm³/mol. The molecule has 83 valence electrons. The maximum Gasteiger partial charge on any atom is 0.0708 e. The van der Waals surface area contributed by atoms with Gasteiger partial charge in [-0.1, -0.05) is 32.3 Å². The molecule has 16 heavy (non-hydrogen) atoms. The van der Waals surface area contributed by atoms with E-state index in [-0.39, 0.29) is 0 Å². The molecular formula is C15H18N. The number of aromatic nitrogens is 1. The van der Waals surface area contributed by atoms with Crippen molar-refractivity contribution in [2.75, 3.05) is 0 Å². The molecule has 1 heterocycles. The highest BCUT2D eigenvalue weighted by Gasteiger charge is 1.97. The topological polar surface area (TPSA) is 12.9 Å². The summed E-state index contributed by atoms with van der Waals surface area (Å²) < 4.78 is 0. The maximum atomic E-state index is 4.30. The molecular weight excluding hydrogens is 194 g/mol. The van der Waals surface area contributed by atoms with E-state index in [1.54, 1.807) is 6.20 Å². The maximum absolute atomic E-state index is 4.30. The van der Waals surface area contributed by atoms with Crippen LogP contribution in [0, 0.1) is 6.07 Å². The lowest BCUT2D eigenvalue weighted by Gasteiger charge is -2.02. The molecule has 0 spiro atoms. The average Bonchev–Trinajstić information content (AvgIpc) is 2.34. The summed E-state index contributed by atoms with van der Waals surface area (Å²) in [5.74, 6) is 0. The molecule has 1 aromatic heterocycles. The lowest BCUT2D eigenvalue weighted by atomic mass is 10.0. The number of pyridine rings is 1. The molecule has 2 aromatic rings. The smallest absolute Gasteiger partial charge is 0.0708 e. The van der Waals surface area contributed by atoms with Gasteiger partial charge >= 0.3 is 0 Å². The van der Waals surface area contributed by atoms with Crippen molar-refractivity contribution < 1.29 is 0 Å². The second kappa shape index (κ2) is 5.64. The number of hydrogen-bond acceptors (Lipinski definition) is 1. The van der Waals surface area contributed by atoms with Gasteiger partial charge in [0.1, 0.15) is 0 Å². The van der Waals surface area contributed by atoms with Gasteiger partial charge in [-0.25, -0.2) is 0 Å². The summed E-state index contributed by atoms with van der Waals surface area (Å²) in [7, 11) is 0. The Morgan fingerprint density at radius 2 is 2.12 bits per heavy atom. The van der Waals surface area contributed by atoms with Crippen LogP contribution in [-0.2, 0) is 6.42 Å². The third-order valence-corrected chi connectivity index (χ3v) is 2.91. The van der Waals surface area contributed by atoms with Gasteiger partial charge in [-0.15, -0.1) is 0 Å². The zero-order valence-electron chi connectivity index (χ0n) is 9.87. The zero-order valence-corrected chi connectivity index (χ0v) is 9.87. The standard InChI is InChI=1S/C15H18N/c1-2-3-4-5-7-13-9-10-15-14(12-13)8-6-11-16-15/h6,9-12H,2-5,7H2,1H3. The molecule has 0 aliphatic carbocycles. The summed E-state index contributed by atoms with van der Waals surface area (Å²) in [6.45, 7) is 2.25. The predicted octanol–water partition coefficient (Wildman–Crippen LogP) is 4.16. The van der Waals surface area contributed by atoms with E-state index < -0.39 is 0 Å². The van der Waals surface area contributed by atoms with E-state index in [4.69, 9.17) is 0 Å². The van der Waals surface area contributed by atoms with Crippen molar-refractivity contribution in [3.05, 3.63) is 42.1 Å². The number of rotatable bonds is 5. The molecule has 0 fully saturated rings. The summed E-state index contributed by atoms with van der Waals surface area (Å²) in [6, 6.07) is 11.6. The zero-order chi connectivity index (χ0) is 11.2. The molecule has 0 aliphatic heterocycles. The largest absolute Gasteiger partial charge is 0.256 e. The fourth-order valence-electron chi connectivity index (χ4n) is 1.97. The number of nitrogens with zero attached hydrogens (tertiary/aromatic N) is 1. The lowest BCUT2D eigenvalue weighted by Crippen LogP contribution is -1.87. The minimum absolute atomic E-state index is 1.04. The van der Waals surface area contributed by atoms with Gasteiger partial charge in [0.25, 0.3) is 0 Å². The first-order chi connectivity index (χ1) is 7.90. The van der Waals surface area contributed by atoms with Crippen molar-refractivity contribution in [1.82, 2.24) is 4.98 Å². The second-order valence-corrected chi connectivity index (χ2v) is 4.25. The van der Waals surface area contributed by atoms with Crippen LogP contribution in [0.4, 0.5) is 0 Å². The van der Waals surface area contributed by atoms with Gasteiger partial charge in [-0.2, -0.15) is 0 Å². The normalized spacial score (nSPS) is 10.8. The first kappa shape index (κ1) is 11.1. The molecule has 0 bridgehead atoms. The highest BCUT2D eigenvalue weighted by atomic mass is 14.6. The fourth-order valence-corrected chi connectivity index (χ4v) is 1.97. The highest BCUT2D eigenvalue weighted by molar-refractivity contribution is 5.78. The highest BCUT2D eigenvalue weighted by Crippen LogP contribution is 2.15. The molecule has 0 unspecified atom stereocenters. The third kappa shape index (κ3) is 2.82. The number of fused-ring (bicyclic) bond motifs is 1. The minimum Gasteiger partial charge on any atom is -0.256 e. The van der Waals surface area contributed by atoms with Crippen molar-refractivity contribution in [3.63, 3.8) is 0 Å². The van der Waals surface area contributed by atoms with Crippen LogP contribution >= 0.6 is 0 Å². The fraction of sp³-hybridized carbons (Fsp3) is 0.400. The number of unbranched alkanes of at least 4 members (excludes halogenated alkanes) is 3. The Labute approximate surface area is 97.5 Å². The van der Waals surface area contributed by atoms with Crippen LogP contribution in [-0.4, -0.2) is 4.98 Å². The Kier molecular flexibility index (Phi) is 3.92. The van der Waals surface area contributed by atoms with Gasteiger partial charge in [-0.3, -0.25) is 4.98 Å². The molecule has 0 saturated heterocycles. The Morgan fingerprint density at radius 1 is 1.19 bits per heavy atom. The van der Waals surface area contributed by atoms with Crippen LogP contribution in [0.2, 0.25) is 0 Å². The Bertz CT molecular complexity index is 448. The lowest BCUT2D eigenvalue weighted by molar-refractivity contribution is 0.667. The third-order valence-electron chi connectivity index (χ3n) is 2.91. The van der Waals surface area contributed by atoms with Crippen molar-refractivity contribution >= 4 is 10.9 Å². The number of benzene rings is 1. The van der Waals surface area contributed by atoms with Crippen molar-refractivity contribution in [1.29, 1.82) is 0 Å². The molecule has 0 amide bonds. The Morgan fingerprint density at radius 3 is 3.00 bits per heavy atom. The summed E-state index contributed by atoms with van der Waals surface area (Å²) in [5, 5.41) is 1.13. The molecule has 0 N–H and O–H groups in total. The summed E-state index contributed by atoms with van der Waals surface area (Å²) >= 11 is 0. The van der Waals surface area contributed by atoms with E-state index >= 15 is 0 Å². The molecule has 2 rings (SSSR count). The van der Waals surface area contributed by atoms with Crippen LogP contribution in [0.5, 0.6) is 0 Å². The van der Waals surface area contributed by atoms with E-state index in [1.165, 1.54) is 37.7 Å². The summed E-state index contributed by atoms with van der Waals surface area (Å²) in [4.78, 5) is 4.30. The van der Waals surface area contributed by atoms with E-state index in [2.05, 4.69) is 36.2 Å². The van der Waals surface area contributed by atoms with E-state index in [0.717, 1.165) is 10.9 Å². The van der Waals surface area contributed by atoms with Crippen LogP contribution in [0.3, 0.4) is 0 Å². The van der Waals surface area contributed by atoms with E-state index in [0.29, 0.717) is 0 Å². The monoisotopic (exact) mass is 212 g/mol. The molecule has 0 saturated carbocycles. The Balaban J connectivity index is 2.02. The molecule has 0 aliphatic rings. The van der Waals surface area contributed by atoms with Gasteiger partial charge in [0.15, 0.2) is 0 Å². The minimum atomic E-state index is 1.04.